The van der Waals surface area contributed by atoms with Gasteiger partial charge in [0.1, 0.15) is 11.5 Å². The van der Waals surface area contributed by atoms with Crippen molar-refractivity contribution in [1.82, 2.24) is 0 Å². The topological polar surface area (TPSA) is 40.5 Å². The molecule has 2 N–H and O–H groups in total. The van der Waals surface area contributed by atoms with E-state index >= 15 is 0 Å². The van der Waals surface area contributed by atoms with Crippen LogP contribution in [0.2, 0.25) is 0 Å². The molecule has 0 atom stereocenters. The summed E-state index contributed by atoms with van der Waals surface area (Å²) in [6.07, 6.45) is 7.49. The first-order valence-corrected chi connectivity index (χ1v) is 7.98. The van der Waals surface area contributed by atoms with Crippen molar-refractivity contribution in [2.24, 2.45) is 0 Å². The lowest BCUT2D eigenvalue weighted by molar-refractivity contribution is 0.461. The number of aryl methyl sites for hydroxylation is 1. The van der Waals surface area contributed by atoms with E-state index in [4.69, 9.17) is 0 Å². The zero-order valence-electron chi connectivity index (χ0n) is 13.1. The molecule has 0 saturated heterocycles. The van der Waals surface area contributed by atoms with Gasteiger partial charge in [0, 0.05) is 0 Å². The van der Waals surface area contributed by atoms with E-state index in [0.717, 1.165) is 24.0 Å². The third-order valence-electron chi connectivity index (χ3n) is 3.76. The predicted molar refractivity (Wildman–Crippen MR) is 92.9 cm³/mol. The molecule has 2 nitrogen and oxygen atoms in total. The normalized spacial score (nSPS) is 11.6. The molecule has 0 amide bonds. The number of hydrogen-bond donors (Lipinski definition) is 2. The van der Waals surface area contributed by atoms with Crippen LogP contribution in [0.5, 0.6) is 5.75 Å². The second kappa shape index (κ2) is 8.28. The second-order valence-corrected chi connectivity index (χ2v) is 5.60. The average molecular weight is 296 g/mol. The number of aliphatic hydroxyl groups excluding tert-OH is 1. The molecule has 0 fully saturated rings. The molecule has 0 aliphatic heterocycles. The molecule has 0 unspecified atom stereocenters. The predicted octanol–water partition coefficient (Wildman–Crippen LogP) is 5.57. The van der Waals surface area contributed by atoms with Crippen molar-refractivity contribution in [2.75, 3.05) is 0 Å². The molecule has 0 saturated carbocycles. The van der Waals surface area contributed by atoms with E-state index < -0.39 is 0 Å². The van der Waals surface area contributed by atoms with Crippen LogP contribution in [0.1, 0.15) is 49.3 Å². The SMILES string of the molecule is CCCCCCc1ccc(O)c(/C(O)=C/c2ccccc2)c1. The first-order valence-electron chi connectivity index (χ1n) is 7.98. The molecular weight excluding hydrogens is 272 g/mol. The summed E-state index contributed by atoms with van der Waals surface area (Å²) in [7, 11) is 0. The van der Waals surface area contributed by atoms with Gasteiger partial charge in [-0.25, -0.2) is 0 Å². The zero-order chi connectivity index (χ0) is 15.8. The fourth-order valence-electron chi connectivity index (χ4n) is 2.48. The summed E-state index contributed by atoms with van der Waals surface area (Å²) < 4.78 is 0. The Bertz CT molecular complexity index is 615. The summed E-state index contributed by atoms with van der Waals surface area (Å²) in [6.45, 7) is 2.20. The molecule has 0 aromatic heterocycles. The van der Waals surface area contributed by atoms with Gasteiger partial charge in [0.2, 0.25) is 0 Å². The molecule has 0 bridgehead atoms. The molecule has 116 valence electrons. The first kappa shape index (κ1) is 16.2. The van der Waals surface area contributed by atoms with Crippen LogP contribution in [0.15, 0.2) is 48.5 Å². The van der Waals surface area contributed by atoms with Crippen LogP contribution in [0.4, 0.5) is 0 Å². The number of aliphatic hydroxyl groups is 1. The van der Waals surface area contributed by atoms with E-state index in [1.807, 2.05) is 42.5 Å². The maximum Gasteiger partial charge on any atom is 0.127 e. The lowest BCUT2D eigenvalue weighted by Crippen LogP contribution is -1.91. The Labute approximate surface area is 132 Å². The molecule has 0 radical (unpaired) electrons. The maximum atomic E-state index is 10.3. The van der Waals surface area contributed by atoms with E-state index in [-0.39, 0.29) is 11.5 Å². The summed E-state index contributed by atoms with van der Waals surface area (Å²) in [5.41, 5.74) is 2.56. The minimum Gasteiger partial charge on any atom is -0.507 e. The molecule has 0 aliphatic carbocycles. The van der Waals surface area contributed by atoms with Crippen molar-refractivity contribution < 1.29 is 10.2 Å². The van der Waals surface area contributed by atoms with E-state index in [1.165, 1.54) is 19.3 Å². The Morgan fingerprint density at radius 2 is 1.77 bits per heavy atom. The molecule has 2 aromatic rings. The number of aromatic hydroxyl groups is 1. The Balaban J connectivity index is 2.14. The van der Waals surface area contributed by atoms with Crippen molar-refractivity contribution in [3.05, 3.63) is 65.2 Å². The third kappa shape index (κ3) is 4.66. The summed E-state index contributed by atoms with van der Waals surface area (Å²) in [5, 5.41) is 20.3. The molecule has 0 spiro atoms. The van der Waals surface area contributed by atoms with Gasteiger partial charge in [0.25, 0.3) is 0 Å². The highest BCUT2D eigenvalue weighted by molar-refractivity contribution is 5.79. The van der Waals surface area contributed by atoms with Crippen molar-refractivity contribution in [3.63, 3.8) is 0 Å². The van der Waals surface area contributed by atoms with Gasteiger partial charge in [-0.2, -0.15) is 0 Å². The largest absolute Gasteiger partial charge is 0.507 e. The summed E-state index contributed by atoms with van der Waals surface area (Å²) in [5.74, 6) is 0.209. The lowest BCUT2D eigenvalue weighted by atomic mass is 10.0. The monoisotopic (exact) mass is 296 g/mol. The quantitative estimate of drug-likeness (QED) is 0.398. The highest BCUT2D eigenvalue weighted by Gasteiger charge is 2.07. The Hall–Kier alpha value is -2.22. The maximum absolute atomic E-state index is 10.3. The smallest absolute Gasteiger partial charge is 0.127 e. The third-order valence-corrected chi connectivity index (χ3v) is 3.76. The summed E-state index contributed by atoms with van der Waals surface area (Å²) >= 11 is 0. The Kier molecular flexibility index (Phi) is 6.08. The molecule has 22 heavy (non-hydrogen) atoms. The minimum absolute atomic E-state index is 0.0964. The highest BCUT2D eigenvalue weighted by Crippen LogP contribution is 2.27. The molecule has 0 heterocycles. The van der Waals surface area contributed by atoms with E-state index in [1.54, 1.807) is 12.1 Å². The molecule has 0 aliphatic rings. The minimum atomic E-state index is 0.0964. The van der Waals surface area contributed by atoms with Gasteiger partial charge in [-0.05, 0) is 42.2 Å². The van der Waals surface area contributed by atoms with Crippen LogP contribution in [-0.4, -0.2) is 10.2 Å². The number of phenols is 1. The van der Waals surface area contributed by atoms with Crippen LogP contribution in [0.3, 0.4) is 0 Å². The molecule has 2 rings (SSSR count). The van der Waals surface area contributed by atoms with Gasteiger partial charge in [-0.1, -0.05) is 62.6 Å². The van der Waals surface area contributed by atoms with Crippen LogP contribution < -0.4 is 0 Å². The number of hydrogen-bond acceptors (Lipinski definition) is 2. The van der Waals surface area contributed by atoms with E-state index in [2.05, 4.69) is 6.92 Å². The van der Waals surface area contributed by atoms with Crippen molar-refractivity contribution in [1.29, 1.82) is 0 Å². The van der Waals surface area contributed by atoms with Gasteiger partial charge in [0.15, 0.2) is 0 Å². The van der Waals surface area contributed by atoms with Gasteiger partial charge in [-0.15, -0.1) is 0 Å². The van der Waals surface area contributed by atoms with Crippen LogP contribution in [-0.2, 0) is 6.42 Å². The summed E-state index contributed by atoms with van der Waals surface area (Å²) in [6, 6.07) is 15.1. The van der Waals surface area contributed by atoms with Gasteiger partial charge >= 0.3 is 0 Å². The van der Waals surface area contributed by atoms with Crippen molar-refractivity contribution in [2.45, 2.75) is 39.0 Å². The highest BCUT2D eigenvalue weighted by atomic mass is 16.3. The summed E-state index contributed by atoms with van der Waals surface area (Å²) in [4.78, 5) is 0. The average Bonchev–Trinajstić information content (AvgIpc) is 2.54. The second-order valence-electron chi connectivity index (χ2n) is 5.60. The number of benzene rings is 2. The molecule has 2 aromatic carbocycles. The molecular formula is C20H24O2. The van der Waals surface area contributed by atoms with Crippen LogP contribution in [0.25, 0.3) is 11.8 Å². The Morgan fingerprint density at radius 3 is 2.50 bits per heavy atom. The van der Waals surface area contributed by atoms with Crippen LogP contribution >= 0.6 is 0 Å². The molecule has 2 heteroatoms. The van der Waals surface area contributed by atoms with E-state index in [0.29, 0.717) is 5.56 Å². The van der Waals surface area contributed by atoms with E-state index in [9.17, 15) is 10.2 Å². The fraction of sp³-hybridized carbons (Fsp3) is 0.300. The Morgan fingerprint density at radius 1 is 1.00 bits per heavy atom. The van der Waals surface area contributed by atoms with Crippen molar-refractivity contribution >= 4 is 11.8 Å². The zero-order valence-corrected chi connectivity index (χ0v) is 13.1. The van der Waals surface area contributed by atoms with Gasteiger partial charge in [0.05, 0.1) is 5.56 Å². The standard InChI is InChI=1S/C20H24O2/c1-2-3-4-6-11-17-12-13-19(21)18(14-17)20(22)15-16-9-7-5-8-10-16/h5,7-10,12-15,21-22H,2-4,6,11H2,1H3/b20-15-. The van der Waals surface area contributed by atoms with Gasteiger partial charge in [-0.3, -0.25) is 0 Å². The van der Waals surface area contributed by atoms with Crippen molar-refractivity contribution in [3.8, 4) is 5.75 Å². The first-order chi connectivity index (χ1) is 10.7. The van der Waals surface area contributed by atoms with Gasteiger partial charge < -0.3 is 10.2 Å². The fourth-order valence-corrected chi connectivity index (χ4v) is 2.48. The van der Waals surface area contributed by atoms with Crippen LogP contribution in [0, 0.1) is 0 Å². The number of unbranched alkanes of at least 4 members (excludes halogenated alkanes) is 3. The lowest BCUT2D eigenvalue weighted by Gasteiger charge is -2.08. The number of rotatable bonds is 7. The number of phenolic OH excluding ortho intramolecular Hbond substituents is 1.